The van der Waals surface area contributed by atoms with Crippen molar-refractivity contribution in [2.75, 3.05) is 26.2 Å². The van der Waals surface area contributed by atoms with E-state index in [2.05, 4.69) is 23.6 Å². The Morgan fingerprint density at radius 2 is 2.10 bits per heavy atom. The Morgan fingerprint density at radius 1 is 1.33 bits per heavy atom. The Hall–Kier alpha value is -0.480. The van der Waals surface area contributed by atoms with Crippen molar-refractivity contribution in [3.05, 3.63) is 28.8 Å². The van der Waals surface area contributed by atoms with Gasteiger partial charge in [0.1, 0.15) is 5.75 Å². The molecule has 0 aliphatic carbocycles. The van der Waals surface area contributed by atoms with Crippen molar-refractivity contribution in [2.45, 2.75) is 32.7 Å². The topological polar surface area (TPSA) is 33.3 Å². The largest absolute Gasteiger partial charge is 0.493 e. The normalized spacial score (nSPS) is 15.5. The summed E-state index contributed by atoms with van der Waals surface area (Å²) in [6.07, 6.45) is 3.55. The quantitative estimate of drug-likeness (QED) is 0.799. The Kier molecular flexibility index (Phi) is 9.09. The lowest BCUT2D eigenvalue weighted by Crippen LogP contribution is -2.33. The molecule has 1 saturated heterocycles. The number of rotatable bonds is 7. The van der Waals surface area contributed by atoms with Gasteiger partial charge in [-0.3, -0.25) is 0 Å². The zero-order valence-corrected chi connectivity index (χ0v) is 14.2. The van der Waals surface area contributed by atoms with Crippen LogP contribution in [0.1, 0.15) is 31.7 Å². The molecule has 1 heterocycles. The van der Waals surface area contributed by atoms with Gasteiger partial charge in [0.05, 0.1) is 6.61 Å². The van der Waals surface area contributed by atoms with Gasteiger partial charge < -0.3 is 15.4 Å². The summed E-state index contributed by atoms with van der Waals surface area (Å²) in [5, 5.41) is 7.69. The molecule has 3 nitrogen and oxygen atoms in total. The molecule has 1 aliphatic heterocycles. The van der Waals surface area contributed by atoms with Crippen LogP contribution < -0.4 is 15.4 Å². The Bertz CT molecular complexity index is 409. The summed E-state index contributed by atoms with van der Waals surface area (Å²) < 4.78 is 5.78. The third-order valence-corrected chi connectivity index (χ3v) is 3.93. The molecule has 0 unspecified atom stereocenters. The summed E-state index contributed by atoms with van der Waals surface area (Å²) in [5.74, 6) is 1.71. The Morgan fingerprint density at radius 3 is 2.81 bits per heavy atom. The van der Waals surface area contributed by atoms with E-state index in [1.54, 1.807) is 0 Å². The van der Waals surface area contributed by atoms with E-state index in [0.717, 1.165) is 55.9 Å². The first kappa shape index (κ1) is 18.6. The maximum Gasteiger partial charge on any atom is 0.125 e. The molecule has 1 aromatic carbocycles. The zero-order valence-electron chi connectivity index (χ0n) is 12.7. The second-order valence-corrected chi connectivity index (χ2v) is 5.86. The molecule has 0 bridgehead atoms. The van der Waals surface area contributed by atoms with Crippen LogP contribution in [0.15, 0.2) is 18.2 Å². The zero-order chi connectivity index (χ0) is 14.2. The van der Waals surface area contributed by atoms with Crippen LogP contribution in [0, 0.1) is 5.92 Å². The first-order valence-electron chi connectivity index (χ1n) is 7.62. The maximum atomic E-state index is 6.04. The number of hydrogen-bond acceptors (Lipinski definition) is 3. The van der Waals surface area contributed by atoms with Gasteiger partial charge in [-0.05, 0) is 56.9 Å². The molecule has 0 radical (unpaired) electrons. The molecule has 5 heteroatoms. The van der Waals surface area contributed by atoms with E-state index >= 15 is 0 Å². The number of nitrogens with one attached hydrogen (secondary N) is 2. The summed E-state index contributed by atoms with van der Waals surface area (Å²) in [4.78, 5) is 0. The van der Waals surface area contributed by atoms with Crippen LogP contribution in [0.3, 0.4) is 0 Å². The van der Waals surface area contributed by atoms with Crippen molar-refractivity contribution >= 4 is 24.0 Å². The highest BCUT2D eigenvalue weighted by Crippen LogP contribution is 2.23. The summed E-state index contributed by atoms with van der Waals surface area (Å²) in [6.45, 7) is 7.08. The highest BCUT2D eigenvalue weighted by atomic mass is 35.5. The summed E-state index contributed by atoms with van der Waals surface area (Å²) in [6, 6.07) is 5.91. The lowest BCUT2D eigenvalue weighted by atomic mass is 9.98. The van der Waals surface area contributed by atoms with Gasteiger partial charge in [-0.2, -0.15) is 0 Å². The van der Waals surface area contributed by atoms with Crippen molar-refractivity contribution in [1.29, 1.82) is 0 Å². The molecule has 2 rings (SSSR count). The average molecular weight is 333 g/mol. The number of piperidine rings is 1. The standard InChI is InChI=1S/C16H25ClN2O.ClH/c1-2-9-20-16-10-15(17)4-3-14(16)12-19-11-13-5-7-18-8-6-13;/h3-4,10,13,18-19H,2,5-9,11-12H2,1H3;1H. The molecule has 1 fully saturated rings. The molecule has 0 amide bonds. The van der Waals surface area contributed by atoms with Gasteiger partial charge in [0.15, 0.2) is 0 Å². The van der Waals surface area contributed by atoms with Crippen molar-refractivity contribution in [1.82, 2.24) is 10.6 Å². The summed E-state index contributed by atoms with van der Waals surface area (Å²) >= 11 is 6.04. The minimum Gasteiger partial charge on any atom is -0.493 e. The second kappa shape index (κ2) is 10.3. The molecule has 0 spiro atoms. The van der Waals surface area contributed by atoms with E-state index in [4.69, 9.17) is 16.3 Å². The molecule has 1 aromatic rings. The van der Waals surface area contributed by atoms with Crippen molar-refractivity contribution in [3.63, 3.8) is 0 Å². The maximum absolute atomic E-state index is 6.04. The van der Waals surface area contributed by atoms with E-state index in [0.29, 0.717) is 0 Å². The molecule has 120 valence electrons. The number of benzene rings is 1. The van der Waals surface area contributed by atoms with E-state index in [-0.39, 0.29) is 12.4 Å². The van der Waals surface area contributed by atoms with Gasteiger partial charge in [0, 0.05) is 17.1 Å². The predicted octanol–water partition coefficient (Wildman–Crippen LogP) is 3.64. The van der Waals surface area contributed by atoms with Crippen LogP contribution in [0.5, 0.6) is 5.75 Å². The Labute approximate surface area is 139 Å². The monoisotopic (exact) mass is 332 g/mol. The van der Waals surface area contributed by atoms with Gasteiger partial charge in [-0.25, -0.2) is 0 Å². The molecular weight excluding hydrogens is 307 g/mol. The summed E-state index contributed by atoms with van der Waals surface area (Å²) in [7, 11) is 0. The molecule has 2 N–H and O–H groups in total. The summed E-state index contributed by atoms with van der Waals surface area (Å²) in [5.41, 5.74) is 1.19. The van der Waals surface area contributed by atoms with Gasteiger partial charge >= 0.3 is 0 Å². The molecular formula is C16H26Cl2N2O. The van der Waals surface area contributed by atoms with Crippen LogP contribution in [0.2, 0.25) is 5.02 Å². The van der Waals surface area contributed by atoms with Crippen LogP contribution in [0.4, 0.5) is 0 Å². The minimum absolute atomic E-state index is 0. The highest BCUT2D eigenvalue weighted by molar-refractivity contribution is 6.30. The van der Waals surface area contributed by atoms with E-state index < -0.39 is 0 Å². The van der Waals surface area contributed by atoms with Gasteiger partial charge in [0.2, 0.25) is 0 Å². The molecule has 1 aliphatic rings. The SMILES string of the molecule is CCCOc1cc(Cl)ccc1CNCC1CCNCC1.Cl. The molecule has 0 atom stereocenters. The van der Waals surface area contributed by atoms with Crippen molar-refractivity contribution in [3.8, 4) is 5.75 Å². The van der Waals surface area contributed by atoms with E-state index in [1.807, 2.05) is 12.1 Å². The van der Waals surface area contributed by atoms with Gasteiger partial charge in [0.25, 0.3) is 0 Å². The van der Waals surface area contributed by atoms with Crippen LogP contribution in [-0.4, -0.2) is 26.2 Å². The number of ether oxygens (including phenoxy) is 1. The predicted molar refractivity (Wildman–Crippen MR) is 91.8 cm³/mol. The van der Waals surface area contributed by atoms with E-state index in [1.165, 1.54) is 18.4 Å². The van der Waals surface area contributed by atoms with Crippen molar-refractivity contribution in [2.24, 2.45) is 5.92 Å². The average Bonchev–Trinajstić information content (AvgIpc) is 2.48. The lowest BCUT2D eigenvalue weighted by molar-refractivity contribution is 0.311. The van der Waals surface area contributed by atoms with Gasteiger partial charge in [-0.1, -0.05) is 24.6 Å². The van der Waals surface area contributed by atoms with Crippen LogP contribution in [0.25, 0.3) is 0 Å². The lowest BCUT2D eigenvalue weighted by Gasteiger charge is -2.23. The third-order valence-electron chi connectivity index (χ3n) is 3.70. The molecule has 0 saturated carbocycles. The number of hydrogen-bond donors (Lipinski definition) is 2. The fourth-order valence-electron chi connectivity index (χ4n) is 2.52. The van der Waals surface area contributed by atoms with E-state index in [9.17, 15) is 0 Å². The minimum atomic E-state index is 0. The second-order valence-electron chi connectivity index (χ2n) is 5.42. The smallest absolute Gasteiger partial charge is 0.125 e. The fourth-order valence-corrected chi connectivity index (χ4v) is 2.68. The number of halogens is 2. The molecule has 0 aromatic heterocycles. The molecule has 21 heavy (non-hydrogen) atoms. The Balaban J connectivity index is 0.00000220. The van der Waals surface area contributed by atoms with Crippen LogP contribution in [-0.2, 0) is 6.54 Å². The van der Waals surface area contributed by atoms with Gasteiger partial charge in [-0.15, -0.1) is 12.4 Å². The highest BCUT2D eigenvalue weighted by Gasteiger charge is 2.12. The fraction of sp³-hybridized carbons (Fsp3) is 0.625. The third kappa shape index (κ3) is 6.43. The first-order chi connectivity index (χ1) is 9.79. The van der Waals surface area contributed by atoms with Crippen LogP contribution >= 0.6 is 24.0 Å². The first-order valence-corrected chi connectivity index (χ1v) is 8.00. The van der Waals surface area contributed by atoms with Crippen molar-refractivity contribution < 1.29 is 4.74 Å².